The Labute approximate surface area is 171 Å². The van der Waals surface area contributed by atoms with Gasteiger partial charge in [0.05, 0.1) is 22.3 Å². The summed E-state index contributed by atoms with van der Waals surface area (Å²) in [6.45, 7) is 4.28. The maximum absolute atomic E-state index is 13.6. The summed E-state index contributed by atoms with van der Waals surface area (Å²) in [4.78, 5) is 19.5. The number of nitrogens with zero attached hydrogens (tertiary/aromatic N) is 3. The lowest BCUT2D eigenvalue weighted by molar-refractivity contribution is 0.0754. The number of aryl methyl sites for hydroxylation is 1. The molecule has 0 bridgehead atoms. The molecule has 0 fully saturated rings. The molecular formula is C23H19F2N3O2. The Kier molecular flexibility index (Phi) is 5.27. The predicted octanol–water partition coefficient (Wildman–Crippen LogP) is 5.14. The topological polar surface area (TPSA) is 59.2 Å². The molecule has 0 aliphatic carbocycles. The molecule has 2 aromatic carbocycles. The van der Waals surface area contributed by atoms with Crippen molar-refractivity contribution in [1.82, 2.24) is 15.0 Å². The summed E-state index contributed by atoms with van der Waals surface area (Å²) >= 11 is 0. The number of fused-ring (bicyclic) bond motifs is 1. The van der Waals surface area contributed by atoms with Crippen LogP contribution in [0.5, 0.6) is 0 Å². The van der Waals surface area contributed by atoms with E-state index in [2.05, 4.69) is 10.1 Å². The van der Waals surface area contributed by atoms with Gasteiger partial charge in [-0.15, -0.1) is 0 Å². The van der Waals surface area contributed by atoms with Crippen LogP contribution in [0.3, 0.4) is 0 Å². The van der Waals surface area contributed by atoms with Gasteiger partial charge < -0.3 is 9.42 Å². The number of halogens is 2. The van der Waals surface area contributed by atoms with Gasteiger partial charge in [0.2, 0.25) is 0 Å². The third kappa shape index (κ3) is 3.78. The molecule has 0 saturated carbocycles. The van der Waals surface area contributed by atoms with Crippen LogP contribution in [0.2, 0.25) is 0 Å². The first-order chi connectivity index (χ1) is 14.5. The van der Waals surface area contributed by atoms with Crippen molar-refractivity contribution in [3.05, 3.63) is 83.1 Å². The molecule has 0 saturated heterocycles. The van der Waals surface area contributed by atoms with E-state index in [1.165, 1.54) is 24.3 Å². The van der Waals surface area contributed by atoms with Crippen molar-refractivity contribution < 1.29 is 18.1 Å². The zero-order valence-electron chi connectivity index (χ0n) is 16.5. The van der Waals surface area contributed by atoms with E-state index in [9.17, 15) is 13.6 Å². The first-order valence-electron chi connectivity index (χ1n) is 9.53. The van der Waals surface area contributed by atoms with Crippen LogP contribution in [-0.2, 0) is 6.54 Å². The SMILES string of the molecule is CCN(Cc1cccc(F)c1)C(=O)c1cc(-c2ccc(F)cc2)nc2onc(C)c12. The molecule has 0 spiro atoms. The van der Waals surface area contributed by atoms with E-state index in [1.807, 2.05) is 6.92 Å². The number of carbonyl (C=O) groups excluding carboxylic acids is 1. The molecule has 5 nitrogen and oxygen atoms in total. The molecule has 7 heteroatoms. The maximum atomic E-state index is 13.6. The second-order valence-electron chi connectivity index (χ2n) is 6.96. The molecule has 2 aromatic heterocycles. The molecule has 152 valence electrons. The average molecular weight is 407 g/mol. The van der Waals surface area contributed by atoms with Gasteiger partial charge in [-0.3, -0.25) is 4.79 Å². The van der Waals surface area contributed by atoms with E-state index in [0.717, 1.165) is 0 Å². The molecule has 0 atom stereocenters. The van der Waals surface area contributed by atoms with Crippen LogP contribution < -0.4 is 0 Å². The number of aromatic nitrogens is 2. The van der Waals surface area contributed by atoms with E-state index < -0.39 is 0 Å². The smallest absolute Gasteiger partial charge is 0.259 e. The van der Waals surface area contributed by atoms with Crippen LogP contribution in [-0.4, -0.2) is 27.5 Å². The van der Waals surface area contributed by atoms with Gasteiger partial charge in [-0.1, -0.05) is 17.3 Å². The minimum Gasteiger partial charge on any atom is -0.335 e. The van der Waals surface area contributed by atoms with Crippen molar-refractivity contribution in [1.29, 1.82) is 0 Å². The van der Waals surface area contributed by atoms with Crippen molar-refractivity contribution in [3.63, 3.8) is 0 Å². The van der Waals surface area contributed by atoms with Crippen LogP contribution in [0.15, 0.2) is 59.1 Å². The summed E-state index contributed by atoms with van der Waals surface area (Å²) in [7, 11) is 0. The van der Waals surface area contributed by atoms with Crippen molar-refractivity contribution in [2.75, 3.05) is 6.54 Å². The number of benzene rings is 2. The lowest BCUT2D eigenvalue weighted by Gasteiger charge is -2.22. The van der Waals surface area contributed by atoms with E-state index in [4.69, 9.17) is 4.52 Å². The fourth-order valence-corrected chi connectivity index (χ4v) is 3.39. The minimum atomic E-state index is -0.362. The normalized spacial score (nSPS) is 11.1. The van der Waals surface area contributed by atoms with Crippen LogP contribution >= 0.6 is 0 Å². The predicted molar refractivity (Wildman–Crippen MR) is 109 cm³/mol. The molecule has 0 aliphatic heterocycles. The number of pyridine rings is 1. The second-order valence-corrected chi connectivity index (χ2v) is 6.96. The Balaban J connectivity index is 1.78. The molecule has 30 heavy (non-hydrogen) atoms. The Morgan fingerprint density at radius 3 is 2.53 bits per heavy atom. The van der Waals surface area contributed by atoms with Gasteiger partial charge in [0.15, 0.2) is 0 Å². The first kappa shape index (κ1) is 19.7. The Hall–Kier alpha value is -3.61. The molecule has 0 N–H and O–H groups in total. The quantitative estimate of drug-likeness (QED) is 0.460. The van der Waals surface area contributed by atoms with Crippen molar-refractivity contribution in [2.24, 2.45) is 0 Å². The molecule has 0 unspecified atom stereocenters. The zero-order valence-corrected chi connectivity index (χ0v) is 16.5. The van der Waals surface area contributed by atoms with Crippen LogP contribution in [0.1, 0.15) is 28.5 Å². The fraction of sp³-hybridized carbons (Fsp3) is 0.174. The molecule has 2 heterocycles. The Morgan fingerprint density at radius 2 is 1.83 bits per heavy atom. The zero-order chi connectivity index (χ0) is 21.3. The van der Waals surface area contributed by atoms with Gasteiger partial charge in [-0.25, -0.2) is 13.8 Å². The van der Waals surface area contributed by atoms with Crippen molar-refractivity contribution in [3.8, 4) is 11.3 Å². The number of amides is 1. The van der Waals surface area contributed by atoms with Gasteiger partial charge in [0.1, 0.15) is 11.6 Å². The highest BCUT2D eigenvalue weighted by atomic mass is 19.1. The highest BCUT2D eigenvalue weighted by molar-refractivity contribution is 6.07. The van der Waals surface area contributed by atoms with Crippen LogP contribution in [0.25, 0.3) is 22.4 Å². The monoisotopic (exact) mass is 407 g/mol. The summed E-state index contributed by atoms with van der Waals surface area (Å²) in [5.41, 5.74) is 2.99. The second kappa shape index (κ2) is 8.02. The third-order valence-corrected chi connectivity index (χ3v) is 4.92. The standard InChI is InChI=1S/C23H19F2N3O2/c1-3-28(13-15-5-4-6-18(25)11-15)23(29)19-12-20(16-7-9-17(24)10-8-16)26-22-21(19)14(2)27-30-22/h4-12H,3,13H2,1-2H3. The van der Waals surface area contributed by atoms with Gasteiger partial charge >= 0.3 is 0 Å². The largest absolute Gasteiger partial charge is 0.335 e. The molecule has 1 amide bonds. The van der Waals surface area contributed by atoms with Crippen molar-refractivity contribution in [2.45, 2.75) is 20.4 Å². The first-order valence-corrected chi connectivity index (χ1v) is 9.53. The molecule has 0 aliphatic rings. The maximum Gasteiger partial charge on any atom is 0.259 e. The number of carbonyl (C=O) groups is 1. The third-order valence-electron chi connectivity index (χ3n) is 4.92. The Bertz CT molecular complexity index is 1220. The van der Waals surface area contributed by atoms with E-state index in [-0.39, 0.29) is 29.8 Å². The average Bonchev–Trinajstić information content (AvgIpc) is 3.12. The summed E-state index contributed by atoms with van der Waals surface area (Å²) in [5.74, 6) is -0.960. The van der Waals surface area contributed by atoms with Crippen molar-refractivity contribution >= 4 is 17.0 Å². The summed E-state index contributed by atoms with van der Waals surface area (Å²) in [6, 6.07) is 13.7. The summed E-state index contributed by atoms with van der Waals surface area (Å²) < 4.78 is 32.2. The van der Waals surface area contributed by atoms with Gasteiger partial charge in [-0.05, 0) is 61.9 Å². The number of hydrogen-bond acceptors (Lipinski definition) is 4. The lowest BCUT2D eigenvalue weighted by atomic mass is 10.0. The van der Waals surface area contributed by atoms with E-state index in [1.54, 1.807) is 42.2 Å². The minimum absolute atomic E-state index is 0.236. The summed E-state index contributed by atoms with van der Waals surface area (Å²) in [6.07, 6.45) is 0. The summed E-state index contributed by atoms with van der Waals surface area (Å²) in [5, 5.41) is 4.48. The molecule has 0 radical (unpaired) electrons. The van der Waals surface area contributed by atoms with Gasteiger partial charge in [-0.2, -0.15) is 0 Å². The number of rotatable bonds is 5. The molecule has 4 rings (SSSR count). The fourth-order valence-electron chi connectivity index (χ4n) is 3.39. The highest BCUT2D eigenvalue weighted by Gasteiger charge is 2.23. The molecular weight excluding hydrogens is 388 g/mol. The van der Waals surface area contributed by atoms with Gasteiger partial charge in [0.25, 0.3) is 11.6 Å². The van der Waals surface area contributed by atoms with Crippen LogP contribution in [0, 0.1) is 18.6 Å². The Morgan fingerprint density at radius 1 is 1.07 bits per heavy atom. The van der Waals surface area contributed by atoms with Gasteiger partial charge in [0, 0.05) is 18.7 Å². The van der Waals surface area contributed by atoms with E-state index in [0.29, 0.717) is 40.0 Å². The van der Waals surface area contributed by atoms with E-state index >= 15 is 0 Å². The highest BCUT2D eigenvalue weighted by Crippen LogP contribution is 2.28. The number of hydrogen-bond donors (Lipinski definition) is 0. The van der Waals surface area contributed by atoms with Crippen LogP contribution in [0.4, 0.5) is 8.78 Å². The lowest BCUT2D eigenvalue weighted by Crippen LogP contribution is -2.30. The molecule has 4 aromatic rings.